The van der Waals surface area contributed by atoms with Gasteiger partial charge in [-0.3, -0.25) is 4.79 Å². The molecule has 122 valence electrons. The highest BCUT2D eigenvalue weighted by atomic mass is 16.5. The van der Waals surface area contributed by atoms with Gasteiger partial charge in [-0.05, 0) is 29.7 Å². The Morgan fingerprint density at radius 1 is 0.958 bits per heavy atom. The summed E-state index contributed by atoms with van der Waals surface area (Å²) < 4.78 is 10.6. The maximum Gasteiger partial charge on any atom is 0.228 e. The first-order valence-corrected chi connectivity index (χ1v) is 7.70. The van der Waals surface area contributed by atoms with Gasteiger partial charge < -0.3 is 14.8 Å². The van der Waals surface area contributed by atoms with Crippen LogP contribution in [-0.2, 0) is 11.2 Å². The molecule has 1 N–H and O–H groups in total. The molecule has 0 aliphatic carbocycles. The third kappa shape index (κ3) is 3.33. The summed E-state index contributed by atoms with van der Waals surface area (Å²) in [5.41, 5.74) is 1.59. The molecule has 3 aromatic rings. The summed E-state index contributed by atoms with van der Waals surface area (Å²) in [5, 5.41) is 5.10. The molecule has 0 heterocycles. The molecule has 0 fully saturated rings. The van der Waals surface area contributed by atoms with E-state index in [0.29, 0.717) is 11.5 Å². The number of ether oxygens (including phenoxy) is 2. The van der Waals surface area contributed by atoms with Crippen LogP contribution in [0.25, 0.3) is 10.8 Å². The van der Waals surface area contributed by atoms with Gasteiger partial charge in [0.15, 0.2) is 0 Å². The molecule has 0 bridgehead atoms. The third-order valence-corrected chi connectivity index (χ3v) is 3.90. The quantitative estimate of drug-likeness (QED) is 0.771. The van der Waals surface area contributed by atoms with Crippen molar-refractivity contribution in [3.05, 3.63) is 66.2 Å². The van der Waals surface area contributed by atoms with Crippen molar-refractivity contribution in [3.8, 4) is 11.5 Å². The number of nitrogens with one attached hydrogen (secondary N) is 1. The van der Waals surface area contributed by atoms with Gasteiger partial charge in [-0.25, -0.2) is 0 Å². The van der Waals surface area contributed by atoms with Crippen LogP contribution in [-0.4, -0.2) is 20.1 Å². The van der Waals surface area contributed by atoms with Gasteiger partial charge in [-0.2, -0.15) is 0 Å². The van der Waals surface area contributed by atoms with E-state index in [1.54, 1.807) is 20.3 Å². The van der Waals surface area contributed by atoms with Crippen LogP contribution < -0.4 is 14.8 Å². The minimum atomic E-state index is -0.0992. The number of hydrogen-bond acceptors (Lipinski definition) is 3. The van der Waals surface area contributed by atoms with E-state index in [4.69, 9.17) is 9.47 Å². The van der Waals surface area contributed by atoms with Crippen LogP contribution in [0.5, 0.6) is 11.5 Å². The summed E-state index contributed by atoms with van der Waals surface area (Å²) in [7, 11) is 3.19. The van der Waals surface area contributed by atoms with Crippen LogP contribution in [0, 0.1) is 0 Å². The number of hydrogen-bond donors (Lipinski definition) is 1. The van der Waals surface area contributed by atoms with E-state index < -0.39 is 0 Å². The van der Waals surface area contributed by atoms with Crippen LogP contribution in [0.4, 0.5) is 5.69 Å². The van der Waals surface area contributed by atoms with Crippen LogP contribution in [0.2, 0.25) is 0 Å². The zero-order valence-corrected chi connectivity index (χ0v) is 13.7. The lowest BCUT2D eigenvalue weighted by Crippen LogP contribution is -2.15. The number of benzene rings is 3. The molecule has 0 aromatic heterocycles. The molecule has 0 atom stereocenters. The van der Waals surface area contributed by atoms with Crippen LogP contribution >= 0.6 is 0 Å². The predicted molar refractivity (Wildman–Crippen MR) is 95.8 cm³/mol. The first-order chi connectivity index (χ1) is 11.7. The van der Waals surface area contributed by atoms with Gasteiger partial charge in [-0.15, -0.1) is 0 Å². The molecule has 24 heavy (non-hydrogen) atoms. The minimum absolute atomic E-state index is 0.0992. The van der Waals surface area contributed by atoms with Crippen molar-refractivity contribution in [2.75, 3.05) is 19.5 Å². The first kappa shape index (κ1) is 15.9. The molecule has 0 saturated heterocycles. The largest absolute Gasteiger partial charge is 0.497 e. The Morgan fingerprint density at radius 2 is 1.75 bits per heavy atom. The molecule has 0 unspecified atom stereocenters. The molecule has 0 spiro atoms. The van der Waals surface area contributed by atoms with Gasteiger partial charge in [0.2, 0.25) is 5.91 Å². The SMILES string of the molecule is COc1ccc(OC)c(CC(=O)Nc2cccc3ccccc23)c1. The molecule has 0 radical (unpaired) electrons. The normalized spacial score (nSPS) is 10.4. The second kappa shape index (κ2) is 7.04. The second-order valence-electron chi connectivity index (χ2n) is 5.43. The van der Waals surface area contributed by atoms with Crippen molar-refractivity contribution >= 4 is 22.4 Å². The Morgan fingerprint density at radius 3 is 2.54 bits per heavy atom. The van der Waals surface area contributed by atoms with Crippen LogP contribution in [0.1, 0.15) is 5.56 Å². The maximum absolute atomic E-state index is 12.5. The molecule has 3 aromatic carbocycles. The Balaban J connectivity index is 1.83. The van der Waals surface area contributed by atoms with Gasteiger partial charge in [0.25, 0.3) is 0 Å². The smallest absolute Gasteiger partial charge is 0.228 e. The number of carbonyl (C=O) groups is 1. The van der Waals surface area contributed by atoms with Crippen molar-refractivity contribution < 1.29 is 14.3 Å². The Hall–Kier alpha value is -3.01. The fourth-order valence-electron chi connectivity index (χ4n) is 2.72. The van der Waals surface area contributed by atoms with Crippen molar-refractivity contribution in [2.24, 2.45) is 0 Å². The van der Waals surface area contributed by atoms with Crippen LogP contribution in [0.15, 0.2) is 60.7 Å². The van der Waals surface area contributed by atoms with Gasteiger partial charge in [0.1, 0.15) is 11.5 Å². The first-order valence-electron chi connectivity index (χ1n) is 7.70. The average Bonchev–Trinajstić information content (AvgIpc) is 2.62. The van der Waals surface area contributed by atoms with Gasteiger partial charge >= 0.3 is 0 Å². The summed E-state index contributed by atoms with van der Waals surface area (Å²) in [6, 6.07) is 19.3. The molecule has 0 aliphatic heterocycles. The fourth-order valence-corrected chi connectivity index (χ4v) is 2.72. The Kier molecular flexibility index (Phi) is 4.66. The highest BCUT2D eigenvalue weighted by molar-refractivity contribution is 6.02. The van der Waals surface area contributed by atoms with E-state index in [9.17, 15) is 4.79 Å². The number of carbonyl (C=O) groups excluding carboxylic acids is 1. The van der Waals surface area contributed by atoms with E-state index in [0.717, 1.165) is 22.0 Å². The highest BCUT2D eigenvalue weighted by Gasteiger charge is 2.11. The van der Waals surface area contributed by atoms with Crippen molar-refractivity contribution in [1.82, 2.24) is 0 Å². The number of anilines is 1. The summed E-state index contributed by atoms with van der Waals surface area (Å²) in [4.78, 5) is 12.5. The topological polar surface area (TPSA) is 47.6 Å². The van der Waals surface area contributed by atoms with E-state index >= 15 is 0 Å². The van der Waals surface area contributed by atoms with Crippen molar-refractivity contribution in [1.29, 1.82) is 0 Å². The number of rotatable bonds is 5. The van der Waals surface area contributed by atoms with E-state index in [-0.39, 0.29) is 12.3 Å². The second-order valence-corrected chi connectivity index (χ2v) is 5.43. The Labute approximate surface area is 141 Å². The van der Waals surface area contributed by atoms with Crippen LogP contribution in [0.3, 0.4) is 0 Å². The molecule has 0 aliphatic rings. The predicted octanol–water partition coefficient (Wildman–Crippen LogP) is 4.04. The highest BCUT2D eigenvalue weighted by Crippen LogP contribution is 2.26. The number of methoxy groups -OCH3 is 2. The summed E-state index contributed by atoms with van der Waals surface area (Å²) in [6.45, 7) is 0. The van der Waals surface area contributed by atoms with E-state index in [1.165, 1.54) is 0 Å². The molecule has 3 rings (SSSR count). The number of amides is 1. The maximum atomic E-state index is 12.5. The summed E-state index contributed by atoms with van der Waals surface area (Å²) in [6.07, 6.45) is 0.212. The Bertz CT molecular complexity index is 868. The van der Waals surface area contributed by atoms with Gasteiger partial charge in [-0.1, -0.05) is 36.4 Å². The summed E-state index contributed by atoms with van der Waals surface area (Å²) >= 11 is 0. The fraction of sp³-hybridized carbons (Fsp3) is 0.150. The lowest BCUT2D eigenvalue weighted by molar-refractivity contribution is -0.115. The van der Waals surface area contributed by atoms with Gasteiger partial charge in [0, 0.05) is 16.6 Å². The molecule has 4 nitrogen and oxygen atoms in total. The molecular weight excluding hydrogens is 302 g/mol. The van der Waals surface area contributed by atoms with Crippen molar-refractivity contribution in [2.45, 2.75) is 6.42 Å². The zero-order chi connectivity index (χ0) is 16.9. The molecule has 0 saturated carbocycles. The van der Waals surface area contributed by atoms with Crippen molar-refractivity contribution in [3.63, 3.8) is 0 Å². The minimum Gasteiger partial charge on any atom is -0.497 e. The third-order valence-electron chi connectivity index (χ3n) is 3.90. The van der Waals surface area contributed by atoms with E-state index in [1.807, 2.05) is 54.6 Å². The number of fused-ring (bicyclic) bond motifs is 1. The zero-order valence-electron chi connectivity index (χ0n) is 13.7. The monoisotopic (exact) mass is 321 g/mol. The molecule has 4 heteroatoms. The average molecular weight is 321 g/mol. The molecule has 1 amide bonds. The van der Waals surface area contributed by atoms with Gasteiger partial charge in [0.05, 0.1) is 20.6 Å². The summed E-state index contributed by atoms with van der Waals surface area (Å²) in [5.74, 6) is 1.27. The lowest BCUT2D eigenvalue weighted by Gasteiger charge is -2.12. The van der Waals surface area contributed by atoms with E-state index in [2.05, 4.69) is 5.32 Å². The molecular formula is C20H19NO3. The lowest BCUT2D eigenvalue weighted by atomic mass is 10.1. The standard InChI is InChI=1S/C20H19NO3/c1-23-16-10-11-19(24-2)15(12-16)13-20(22)21-18-9-5-7-14-6-3-4-8-17(14)18/h3-12H,13H2,1-2H3,(H,21,22).